The first-order valence-electron chi connectivity index (χ1n) is 8.97. The van der Waals surface area contributed by atoms with Crippen LogP contribution >= 0.6 is 0 Å². The number of hydrogen-bond acceptors (Lipinski definition) is 4. The number of hydrogen-bond donors (Lipinski definition) is 2. The Hall–Kier alpha value is -2.18. The quantitative estimate of drug-likeness (QED) is 0.767. The van der Waals surface area contributed by atoms with Gasteiger partial charge in [-0.1, -0.05) is 17.3 Å². The molecule has 3 aromatic rings. The summed E-state index contributed by atoms with van der Waals surface area (Å²) in [7, 11) is 0. The number of β-amino-alcohol motifs (C(OH)–C–C–N with tert-alkyl or cyclic N) is 1. The Morgan fingerprint density at radius 1 is 1.32 bits per heavy atom. The van der Waals surface area contributed by atoms with Crippen molar-refractivity contribution in [1.82, 2.24) is 24.9 Å². The standard InChI is InChI=1S/C19H25N5O/c1-14(2)24-12-18(21-22-24)19(25)8-4-10-23(13-19)11-15-5-3-6-17-16(15)7-9-20-17/h3,5-7,9,12,14,20,25H,4,8,10-11,13H2,1-2H3. The van der Waals surface area contributed by atoms with E-state index in [0.717, 1.165) is 31.4 Å². The molecule has 1 unspecified atom stereocenters. The summed E-state index contributed by atoms with van der Waals surface area (Å²) in [4.78, 5) is 5.58. The minimum Gasteiger partial charge on any atom is -0.382 e. The fraction of sp³-hybridized carbons (Fsp3) is 0.474. The van der Waals surface area contributed by atoms with E-state index in [-0.39, 0.29) is 6.04 Å². The number of aromatic amines is 1. The lowest BCUT2D eigenvalue weighted by Gasteiger charge is -2.38. The summed E-state index contributed by atoms with van der Waals surface area (Å²) in [5, 5.41) is 20.9. The summed E-state index contributed by atoms with van der Waals surface area (Å²) in [6.07, 6.45) is 5.55. The van der Waals surface area contributed by atoms with Crippen molar-refractivity contribution in [2.45, 2.75) is 44.9 Å². The Morgan fingerprint density at radius 3 is 3.00 bits per heavy atom. The fourth-order valence-corrected chi connectivity index (χ4v) is 3.74. The summed E-state index contributed by atoms with van der Waals surface area (Å²) >= 11 is 0. The van der Waals surface area contributed by atoms with Crippen molar-refractivity contribution < 1.29 is 5.11 Å². The molecule has 6 nitrogen and oxygen atoms in total. The van der Waals surface area contributed by atoms with Gasteiger partial charge in [-0.2, -0.15) is 0 Å². The second-order valence-corrected chi connectivity index (χ2v) is 7.38. The number of nitrogens with zero attached hydrogens (tertiary/aromatic N) is 4. The van der Waals surface area contributed by atoms with E-state index in [1.807, 2.05) is 17.1 Å². The van der Waals surface area contributed by atoms with Gasteiger partial charge in [0.05, 0.1) is 6.20 Å². The predicted molar refractivity (Wildman–Crippen MR) is 97.1 cm³/mol. The van der Waals surface area contributed by atoms with E-state index in [0.29, 0.717) is 12.2 Å². The molecule has 0 radical (unpaired) electrons. The zero-order valence-electron chi connectivity index (χ0n) is 14.8. The van der Waals surface area contributed by atoms with Gasteiger partial charge in [0, 0.05) is 36.2 Å². The number of nitrogens with one attached hydrogen (secondary N) is 1. The average molecular weight is 339 g/mol. The van der Waals surface area contributed by atoms with Crippen molar-refractivity contribution in [3.63, 3.8) is 0 Å². The van der Waals surface area contributed by atoms with Gasteiger partial charge in [-0.05, 0) is 50.9 Å². The lowest BCUT2D eigenvalue weighted by atomic mass is 9.89. The Labute approximate surface area is 147 Å². The van der Waals surface area contributed by atoms with Crippen molar-refractivity contribution in [1.29, 1.82) is 0 Å². The van der Waals surface area contributed by atoms with Crippen LogP contribution in [0.5, 0.6) is 0 Å². The van der Waals surface area contributed by atoms with Crippen molar-refractivity contribution in [3.8, 4) is 0 Å². The molecule has 0 bridgehead atoms. The van der Waals surface area contributed by atoms with E-state index in [4.69, 9.17) is 0 Å². The van der Waals surface area contributed by atoms with Gasteiger partial charge >= 0.3 is 0 Å². The molecule has 1 aliphatic rings. The number of likely N-dealkylation sites (tertiary alicyclic amines) is 1. The van der Waals surface area contributed by atoms with Crippen LogP contribution < -0.4 is 0 Å². The zero-order valence-corrected chi connectivity index (χ0v) is 14.8. The summed E-state index contributed by atoms with van der Waals surface area (Å²) in [6.45, 7) is 6.53. The zero-order chi connectivity index (χ0) is 17.4. The molecule has 132 valence electrons. The molecular formula is C19H25N5O. The molecular weight excluding hydrogens is 314 g/mol. The van der Waals surface area contributed by atoms with E-state index < -0.39 is 5.60 Å². The molecule has 1 fully saturated rings. The van der Waals surface area contributed by atoms with Crippen LogP contribution in [-0.2, 0) is 12.1 Å². The fourth-order valence-electron chi connectivity index (χ4n) is 3.74. The van der Waals surface area contributed by atoms with Crippen LogP contribution in [0.3, 0.4) is 0 Å². The Balaban J connectivity index is 1.55. The lowest BCUT2D eigenvalue weighted by molar-refractivity contribution is -0.0413. The number of benzene rings is 1. The molecule has 6 heteroatoms. The van der Waals surface area contributed by atoms with Crippen molar-refractivity contribution >= 4 is 10.9 Å². The lowest BCUT2D eigenvalue weighted by Crippen LogP contribution is -2.46. The molecule has 4 rings (SSSR count). The largest absolute Gasteiger partial charge is 0.382 e. The van der Waals surface area contributed by atoms with E-state index in [9.17, 15) is 5.11 Å². The molecule has 3 heterocycles. The Bertz CT molecular complexity index is 867. The molecule has 0 aliphatic carbocycles. The molecule has 0 spiro atoms. The van der Waals surface area contributed by atoms with Crippen molar-refractivity contribution in [2.75, 3.05) is 13.1 Å². The minimum atomic E-state index is -0.919. The topological polar surface area (TPSA) is 70.0 Å². The third kappa shape index (κ3) is 3.07. The Morgan fingerprint density at radius 2 is 2.20 bits per heavy atom. The highest BCUT2D eigenvalue weighted by molar-refractivity contribution is 5.82. The van der Waals surface area contributed by atoms with Crippen LogP contribution in [0, 0.1) is 0 Å². The molecule has 1 saturated heterocycles. The van der Waals surface area contributed by atoms with Gasteiger partial charge in [0.25, 0.3) is 0 Å². The summed E-state index contributed by atoms with van der Waals surface area (Å²) < 4.78 is 1.81. The maximum absolute atomic E-state index is 11.2. The third-order valence-corrected chi connectivity index (χ3v) is 5.15. The third-order valence-electron chi connectivity index (χ3n) is 5.15. The average Bonchev–Trinajstić information content (AvgIpc) is 3.25. The first kappa shape index (κ1) is 16.3. The van der Waals surface area contributed by atoms with E-state index in [1.54, 1.807) is 0 Å². The second-order valence-electron chi connectivity index (χ2n) is 7.38. The maximum Gasteiger partial charge on any atom is 0.123 e. The van der Waals surface area contributed by atoms with Crippen LogP contribution in [0.15, 0.2) is 36.7 Å². The van der Waals surface area contributed by atoms with Crippen molar-refractivity contribution in [2.24, 2.45) is 0 Å². The summed E-state index contributed by atoms with van der Waals surface area (Å²) in [5.74, 6) is 0. The van der Waals surface area contributed by atoms with Crippen LogP contribution in [0.2, 0.25) is 0 Å². The second kappa shape index (κ2) is 6.28. The Kier molecular flexibility index (Phi) is 4.09. The number of H-pyrrole nitrogens is 1. The highest BCUT2D eigenvalue weighted by atomic mass is 16.3. The van der Waals surface area contributed by atoms with Crippen LogP contribution in [0.25, 0.3) is 10.9 Å². The SMILES string of the molecule is CC(C)n1cc(C2(O)CCCN(Cc3cccc4[nH]ccc34)C2)nn1. The van der Waals surface area contributed by atoms with E-state index >= 15 is 0 Å². The number of fused-ring (bicyclic) bond motifs is 1. The van der Waals surface area contributed by atoms with Gasteiger partial charge in [-0.25, -0.2) is 4.68 Å². The highest BCUT2D eigenvalue weighted by Crippen LogP contribution is 2.31. The van der Waals surface area contributed by atoms with E-state index in [1.165, 1.54) is 10.9 Å². The van der Waals surface area contributed by atoms with Gasteiger partial charge in [-0.3, -0.25) is 4.90 Å². The van der Waals surface area contributed by atoms with Crippen LogP contribution in [0.4, 0.5) is 0 Å². The molecule has 1 atom stereocenters. The van der Waals surface area contributed by atoms with Crippen LogP contribution in [-0.4, -0.2) is 43.1 Å². The first-order chi connectivity index (χ1) is 12.0. The number of aliphatic hydroxyl groups is 1. The minimum absolute atomic E-state index is 0.246. The normalized spacial score (nSPS) is 22.1. The molecule has 2 aromatic heterocycles. The number of rotatable bonds is 4. The predicted octanol–water partition coefficient (Wildman–Crippen LogP) is 2.82. The van der Waals surface area contributed by atoms with Gasteiger partial charge < -0.3 is 10.1 Å². The molecule has 0 saturated carbocycles. The number of aromatic nitrogens is 4. The van der Waals surface area contributed by atoms with Gasteiger partial charge in [0.1, 0.15) is 11.3 Å². The van der Waals surface area contributed by atoms with Gasteiger partial charge in [0.15, 0.2) is 0 Å². The summed E-state index contributed by atoms with van der Waals surface area (Å²) in [6, 6.07) is 8.71. The van der Waals surface area contributed by atoms with Gasteiger partial charge in [-0.15, -0.1) is 5.10 Å². The first-order valence-corrected chi connectivity index (χ1v) is 8.97. The molecule has 0 amide bonds. The monoisotopic (exact) mass is 339 g/mol. The van der Waals surface area contributed by atoms with Crippen LogP contribution in [0.1, 0.15) is 44.0 Å². The van der Waals surface area contributed by atoms with E-state index in [2.05, 4.69) is 58.3 Å². The van der Waals surface area contributed by atoms with Crippen molar-refractivity contribution in [3.05, 3.63) is 47.9 Å². The molecule has 1 aromatic carbocycles. The highest BCUT2D eigenvalue weighted by Gasteiger charge is 2.37. The van der Waals surface area contributed by atoms with Gasteiger partial charge in [0.2, 0.25) is 0 Å². The molecule has 2 N–H and O–H groups in total. The maximum atomic E-state index is 11.2. The molecule has 1 aliphatic heterocycles. The summed E-state index contributed by atoms with van der Waals surface area (Å²) in [5.41, 5.74) is 2.21. The molecule has 25 heavy (non-hydrogen) atoms. The smallest absolute Gasteiger partial charge is 0.123 e. The number of piperidine rings is 1.